The molecule has 4 heterocycles. The van der Waals surface area contributed by atoms with E-state index >= 15 is 0 Å². The van der Waals surface area contributed by atoms with Crippen LogP contribution in [0.3, 0.4) is 0 Å². The Morgan fingerprint density at radius 2 is 2.16 bits per heavy atom. The molecule has 0 fully saturated rings. The number of H-pyrrole nitrogens is 1. The van der Waals surface area contributed by atoms with Gasteiger partial charge in [-0.3, -0.25) is 4.79 Å². The smallest absolute Gasteiger partial charge is 0.226 e. The Kier molecular flexibility index (Phi) is 3.00. The van der Waals surface area contributed by atoms with E-state index in [1.54, 1.807) is 17.1 Å². The number of nitrogens with zero attached hydrogens (tertiary/aromatic N) is 3. The van der Waals surface area contributed by atoms with Gasteiger partial charge in [-0.1, -0.05) is 12.1 Å². The summed E-state index contributed by atoms with van der Waals surface area (Å²) in [5.74, 6) is 2.10. The van der Waals surface area contributed by atoms with Crippen LogP contribution in [0.2, 0.25) is 0 Å². The number of rotatable bonds is 3. The lowest BCUT2D eigenvalue weighted by atomic mass is 9.93. The molecule has 3 aromatic heterocycles. The highest BCUT2D eigenvalue weighted by Crippen LogP contribution is 2.36. The Labute approximate surface area is 142 Å². The van der Waals surface area contributed by atoms with Crippen LogP contribution in [0.25, 0.3) is 11.0 Å². The number of nitrogens with one attached hydrogen (secondary N) is 2. The van der Waals surface area contributed by atoms with Gasteiger partial charge in [-0.2, -0.15) is 5.10 Å². The Hall–Kier alpha value is -3.35. The monoisotopic (exact) mass is 333 g/mol. The maximum atomic E-state index is 12.3. The van der Waals surface area contributed by atoms with Crippen molar-refractivity contribution >= 4 is 22.8 Å². The number of furan rings is 1. The first kappa shape index (κ1) is 14.0. The summed E-state index contributed by atoms with van der Waals surface area (Å²) >= 11 is 0. The van der Waals surface area contributed by atoms with E-state index in [0.29, 0.717) is 18.8 Å². The number of para-hydroxylation sites is 2. The van der Waals surface area contributed by atoms with Crippen molar-refractivity contribution in [3.63, 3.8) is 0 Å². The summed E-state index contributed by atoms with van der Waals surface area (Å²) in [6.45, 7) is 0.468. The summed E-state index contributed by atoms with van der Waals surface area (Å²) in [6, 6.07) is 11.6. The summed E-state index contributed by atoms with van der Waals surface area (Å²) in [5.41, 5.74) is 2.83. The maximum absolute atomic E-state index is 12.3. The summed E-state index contributed by atoms with van der Waals surface area (Å²) in [4.78, 5) is 20.3. The van der Waals surface area contributed by atoms with Crippen molar-refractivity contribution in [1.82, 2.24) is 19.7 Å². The van der Waals surface area contributed by atoms with Crippen LogP contribution in [-0.2, 0) is 11.3 Å². The molecule has 0 spiro atoms. The number of carbonyl (C=O) groups excluding carboxylic acids is 1. The van der Waals surface area contributed by atoms with Crippen molar-refractivity contribution < 1.29 is 9.21 Å². The topological polar surface area (TPSA) is 88.7 Å². The van der Waals surface area contributed by atoms with Crippen molar-refractivity contribution in [2.24, 2.45) is 0 Å². The quantitative estimate of drug-likeness (QED) is 0.603. The molecule has 7 heteroatoms. The standard InChI is InChI=1S/C18H15N5O2/c24-16-8-12(17-20-14-5-1-2-6-15(14)21-17)13-9-19-23(18(13)22-16)10-11-4-3-7-25-11/h1-7,9,12H,8,10H2,(H,20,21)(H,22,24). The molecule has 5 rings (SSSR count). The molecule has 1 aliphatic rings. The fraction of sp³-hybridized carbons (Fsp3) is 0.167. The second-order valence-electron chi connectivity index (χ2n) is 6.13. The van der Waals surface area contributed by atoms with Gasteiger partial charge in [0.05, 0.1) is 29.4 Å². The molecule has 0 bridgehead atoms. The van der Waals surface area contributed by atoms with E-state index in [9.17, 15) is 4.79 Å². The summed E-state index contributed by atoms with van der Waals surface area (Å²) in [7, 11) is 0. The molecule has 2 N–H and O–H groups in total. The fourth-order valence-corrected chi connectivity index (χ4v) is 3.32. The van der Waals surface area contributed by atoms with E-state index in [0.717, 1.165) is 28.2 Å². The molecule has 1 aliphatic heterocycles. The van der Waals surface area contributed by atoms with Crippen LogP contribution >= 0.6 is 0 Å². The van der Waals surface area contributed by atoms with Crippen LogP contribution in [0.1, 0.15) is 29.5 Å². The van der Waals surface area contributed by atoms with Crippen molar-refractivity contribution in [2.75, 3.05) is 5.32 Å². The molecule has 1 unspecified atom stereocenters. The van der Waals surface area contributed by atoms with E-state index in [1.807, 2.05) is 36.4 Å². The average molecular weight is 333 g/mol. The van der Waals surface area contributed by atoms with Gasteiger partial charge in [-0.15, -0.1) is 0 Å². The van der Waals surface area contributed by atoms with Gasteiger partial charge in [0, 0.05) is 12.0 Å². The lowest BCUT2D eigenvalue weighted by molar-refractivity contribution is -0.116. The van der Waals surface area contributed by atoms with E-state index in [4.69, 9.17) is 4.42 Å². The lowest BCUT2D eigenvalue weighted by Gasteiger charge is -2.21. The second-order valence-corrected chi connectivity index (χ2v) is 6.13. The Bertz CT molecular complexity index is 1030. The van der Waals surface area contributed by atoms with E-state index in [1.165, 1.54) is 0 Å². The number of fused-ring (bicyclic) bond motifs is 2. The first-order valence-electron chi connectivity index (χ1n) is 8.10. The first-order chi connectivity index (χ1) is 12.3. The third-order valence-corrected chi connectivity index (χ3v) is 4.51. The molecule has 1 amide bonds. The summed E-state index contributed by atoms with van der Waals surface area (Å²) in [5, 5.41) is 7.37. The highest BCUT2D eigenvalue weighted by molar-refractivity contribution is 5.94. The van der Waals surface area contributed by atoms with Crippen molar-refractivity contribution in [3.05, 3.63) is 66.0 Å². The molecule has 7 nitrogen and oxygen atoms in total. The van der Waals surface area contributed by atoms with Crippen molar-refractivity contribution in [1.29, 1.82) is 0 Å². The van der Waals surface area contributed by atoms with Crippen molar-refractivity contribution in [2.45, 2.75) is 18.9 Å². The molecule has 0 radical (unpaired) electrons. The average Bonchev–Trinajstić information content (AvgIpc) is 3.34. The zero-order chi connectivity index (χ0) is 16.8. The van der Waals surface area contributed by atoms with Gasteiger partial charge >= 0.3 is 0 Å². The number of hydrogen-bond donors (Lipinski definition) is 2. The molecule has 124 valence electrons. The number of amides is 1. The number of imidazole rings is 1. The minimum absolute atomic E-state index is 0.0425. The normalized spacial score (nSPS) is 16.8. The molecule has 0 aliphatic carbocycles. The van der Waals surface area contributed by atoms with Gasteiger partial charge in [-0.05, 0) is 24.3 Å². The predicted molar refractivity (Wildman–Crippen MR) is 91.2 cm³/mol. The molecule has 4 aromatic rings. The molecule has 1 atom stereocenters. The Morgan fingerprint density at radius 1 is 1.24 bits per heavy atom. The number of aromatic nitrogens is 4. The molecule has 0 saturated carbocycles. The third-order valence-electron chi connectivity index (χ3n) is 4.51. The van der Waals surface area contributed by atoms with Gasteiger partial charge in [0.1, 0.15) is 23.9 Å². The van der Waals surface area contributed by atoms with Gasteiger partial charge in [0.15, 0.2) is 0 Å². The van der Waals surface area contributed by atoms with E-state index in [-0.39, 0.29) is 11.8 Å². The number of anilines is 1. The highest BCUT2D eigenvalue weighted by Gasteiger charge is 2.32. The van der Waals surface area contributed by atoms with Crippen LogP contribution in [-0.4, -0.2) is 25.7 Å². The highest BCUT2D eigenvalue weighted by atomic mass is 16.3. The van der Waals surface area contributed by atoms with Gasteiger partial charge in [0.2, 0.25) is 5.91 Å². The van der Waals surface area contributed by atoms with Crippen LogP contribution in [0, 0.1) is 0 Å². The minimum Gasteiger partial charge on any atom is -0.467 e. The number of carbonyl (C=O) groups is 1. The van der Waals surface area contributed by atoms with Gasteiger partial charge in [0.25, 0.3) is 0 Å². The Morgan fingerprint density at radius 3 is 3.00 bits per heavy atom. The maximum Gasteiger partial charge on any atom is 0.226 e. The van der Waals surface area contributed by atoms with Crippen LogP contribution in [0.4, 0.5) is 5.82 Å². The van der Waals surface area contributed by atoms with E-state index < -0.39 is 0 Å². The van der Waals surface area contributed by atoms with Crippen LogP contribution in [0.5, 0.6) is 0 Å². The second kappa shape index (κ2) is 5.34. The van der Waals surface area contributed by atoms with E-state index in [2.05, 4.69) is 20.4 Å². The number of hydrogen-bond acceptors (Lipinski definition) is 4. The SMILES string of the molecule is O=C1CC(c2nc3ccccc3[nH]2)c2cnn(Cc3ccco3)c2N1. The third kappa shape index (κ3) is 2.32. The molecular formula is C18H15N5O2. The summed E-state index contributed by atoms with van der Waals surface area (Å²) in [6.07, 6.45) is 3.77. The molecular weight excluding hydrogens is 318 g/mol. The number of aromatic amines is 1. The van der Waals surface area contributed by atoms with Crippen molar-refractivity contribution in [3.8, 4) is 0 Å². The fourth-order valence-electron chi connectivity index (χ4n) is 3.32. The Balaban J connectivity index is 1.57. The molecule has 0 saturated heterocycles. The van der Waals surface area contributed by atoms with Crippen LogP contribution in [0.15, 0.2) is 53.3 Å². The molecule has 25 heavy (non-hydrogen) atoms. The lowest BCUT2D eigenvalue weighted by Crippen LogP contribution is -2.25. The van der Waals surface area contributed by atoms with Crippen LogP contribution < -0.4 is 5.32 Å². The minimum atomic E-state index is -0.137. The number of benzene rings is 1. The van der Waals surface area contributed by atoms with Gasteiger partial charge in [-0.25, -0.2) is 9.67 Å². The largest absolute Gasteiger partial charge is 0.467 e. The predicted octanol–water partition coefficient (Wildman–Crippen LogP) is 2.87. The summed E-state index contributed by atoms with van der Waals surface area (Å²) < 4.78 is 7.13. The first-order valence-corrected chi connectivity index (χ1v) is 8.10. The zero-order valence-corrected chi connectivity index (χ0v) is 13.3. The van der Waals surface area contributed by atoms with Gasteiger partial charge < -0.3 is 14.7 Å². The zero-order valence-electron chi connectivity index (χ0n) is 13.3. The molecule has 1 aromatic carbocycles.